The zero-order valence-corrected chi connectivity index (χ0v) is 12.8. The van der Waals surface area contributed by atoms with Gasteiger partial charge in [-0.1, -0.05) is 26.8 Å². The number of carbonyl (C=O) groups is 3. The Balaban J connectivity index is 2.22. The Morgan fingerprint density at radius 2 is 2.05 bits per heavy atom. The van der Waals surface area contributed by atoms with Crippen LogP contribution >= 0.6 is 0 Å². The van der Waals surface area contributed by atoms with Gasteiger partial charge in [0.25, 0.3) is 0 Å². The number of methoxy groups -OCH3 is 1. The third-order valence-electron chi connectivity index (χ3n) is 4.02. The number of rotatable bonds is 3. The van der Waals surface area contributed by atoms with Gasteiger partial charge in [0.05, 0.1) is 25.1 Å². The van der Waals surface area contributed by atoms with Crippen molar-refractivity contribution in [3.8, 4) is 0 Å². The van der Waals surface area contributed by atoms with Crippen LogP contribution in [0.1, 0.15) is 27.2 Å². The molecule has 21 heavy (non-hydrogen) atoms. The van der Waals surface area contributed by atoms with E-state index >= 15 is 0 Å². The number of carbonyl (C=O) groups excluding carboxylic acids is 3. The number of nitrogens with zero attached hydrogens (tertiary/aromatic N) is 1. The van der Waals surface area contributed by atoms with Crippen molar-refractivity contribution in [1.82, 2.24) is 4.90 Å². The molecule has 0 N–H and O–H groups in total. The predicted octanol–water partition coefficient (Wildman–Crippen LogP) is 1.49. The zero-order chi connectivity index (χ0) is 15.8. The van der Waals surface area contributed by atoms with E-state index in [1.165, 1.54) is 19.3 Å². The lowest BCUT2D eigenvalue weighted by Gasteiger charge is -2.30. The molecule has 0 aliphatic carbocycles. The molecule has 2 aliphatic heterocycles. The number of ketones is 2. The predicted molar refractivity (Wildman–Crippen MR) is 77.3 cm³/mol. The Bertz CT molecular complexity index is 527. The number of hydrogen-bond donors (Lipinski definition) is 0. The molecule has 0 aromatic rings. The summed E-state index contributed by atoms with van der Waals surface area (Å²) >= 11 is 0. The van der Waals surface area contributed by atoms with Crippen molar-refractivity contribution in [1.29, 1.82) is 0 Å². The molecule has 5 heteroatoms. The van der Waals surface area contributed by atoms with Crippen molar-refractivity contribution in [2.75, 3.05) is 7.11 Å². The molecule has 0 saturated carbocycles. The summed E-state index contributed by atoms with van der Waals surface area (Å²) in [7, 11) is 1.35. The second kappa shape index (κ2) is 5.47. The van der Waals surface area contributed by atoms with Crippen LogP contribution in [0, 0.1) is 11.3 Å². The van der Waals surface area contributed by atoms with Crippen LogP contribution < -0.4 is 0 Å². The molecule has 2 rings (SSSR count). The lowest BCUT2D eigenvalue weighted by atomic mass is 9.91. The highest BCUT2D eigenvalue weighted by Crippen LogP contribution is 2.35. The van der Waals surface area contributed by atoms with Gasteiger partial charge in [0.2, 0.25) is 0 Å². The minimum atomic E-state index is -0.465. The molecule has 5 nitrogen and oxygen atoms in total. The van der Waals surface area contributed by atoms with Crippen molar-refractivity contribution in [2.45, 2.75) is 39.3 Å². The first kappa shape index (κ1) is 15.5. The van der Waals surface area contributed by atoms with E-state index in [4.69, 9.17) is 4.74 Å². The van der Waals surface area contributed by atoms with Gasteiger partial charge in [-0.25, -0.2) is 0 Å². The third kappa shape index (κ3) is 2.91. The van der Waals surface area contributed by atoms with E-state index < -0.39 is 5.41 Å². The van der Waals surface area contributed by atoms with Crippen molar-refractivity contribution in [3.63, 3.8) is 0 Å². The first-order valence-electron chi connectivity index (χ1n) is 7.05. The van der Waals surface area contributed by atoms with Gasteiger partial charge in [-0.05, 0) is 18.6 Å². The molecule has 114 valence electrons. The molecule has 3 unspecified atom stereocenters. The summed E-state index contributed by atoms with van der Waals surface area (Å²) in [4.78, 5) is 37.6. The van der Waals surface area contributed by atoms with Crippen LogP contribution in [-0.2, 0) is 19.1 Å². The topological polar surface area (TPSA) is 63.7 Å². The van der Waals surface area contributed by atoms with Gasteiger partial charge in [-0.2, -0.15) is 0 Å². The van der Waals surface area contributed by atoms with Crippen molar-refractivity contribution in [2.24, 2.45) is 11.3 Å². The summed E-state index contributed by atoms with van der Waals surface area (Å²) in [6.45, 7) is 5.52. The fourth-order valence-corrected chi connectivity index (χ4v) is 2.71. The maximum atomic E-state index is 12.0. The Kier molecular flexibility index (Phi) is 4.03. The van der Waals surface area contributed by atoms with Crippen LogP contribution in [0.25, 0.3) is 0 Å². The maximum Gasteiger partial charge on any atom is 0.311 e. The minimum Gasteiger partial charge on any atom is -0.469 e. The highest BCUT2D eigenvalue weighted by Gasteiger charge is 2.47. The lowest BCUT2D eigenvalue weighted by molar-refractivity contribution is -0.145. The van der Waals surface area contributed by atoms with Crippen molar-refractivity contribution >= 4 is 17.5 Å². The Morgan fingerprint density at radius 3 is 2.62 bits per heavy atom. The summed E-state index contributed by atoms with van der Waals surface area (Å²) < 4.78 is 4.80. The molecular formula is C16H21NO4. The second-order valence-electron chi connectivity index (χ2n) is 6.51. The van der Waals surface area contributed by atoms with Gasteiger partial charge in [0.15, 0.2) is 11.6 Å². The number of ether oxygens (including phenoxy) is 1. The number of hydrogen-bond acceptors (Lipinski definition) is 5. The first-order valence-corrected chi connectivity index (χ1v) is 7.05. The summed E-state index contributed by atoms with van der Waals surface area (Å²) in [6.07, 6.45) is 6.81. The van der Waals surface area contributed by atoms with Crippen LogP contribution in [0.5, 0.6) is 0 Å². The van der Waals surface area contributed by atoms with Crippen LogP contribution in [0.3, 0.4) is 0 Å². The van der Waals surface area contributed by atoms with Crippen LogP contribution in [-0.4, -0.2) is 41.6 Å². The lowest BCUT2D eigenvalue weighted by Crippen LogP contribution is -2.40. The van der Waals surface area contributed by atoms with E-state index in [0.29, 0.717) is 6.42 Å². The fraction of sp³-hybridized carbons (Fsp3) is 0.562. The first-order chi connectivity index (χ1) is 9.75. The summed E-state index contributed by atoms with van der Waals surface area (Å²) in [6, 6.07) is -0.600. The van der Waals surface area contributed by atoms with Gasteiger partial charge < -0.3 is 9.64 Å². The highest BCUT2D eigenvalue weighted by molar-refractivity contribution is 5.98. The minimum absolute atomic E-state index is 0.0153. The SMILES string of the molecule is COC(=O)C1CC2C(=O)C=CC1N2/C=C\C(=O)C(C)(C)C. The number of esters is 1. The smallest absolute Gasteiger partial charge is 0.311 e. The quantitative estimate of drug-likeness (QED) is 0.582. The molecular weight excluding hydrogens is 270 g/mol. The zero-order valence-electron chi connectivity index (χ0n) is 12.8. The highest BCUT2D eigenvalue weighted by atomic mass is 16.5. The van der Waals surface area contributed by atoms with Gasteiger partial charge in [0.1, 0.15) is 0 Å². The molecule has 2 heterocycles. The van der Waals surface area contributed by atoms with E-state index in [9.17, 15) is 14.4 Å². The molecule has 1 fully saturated rings. The van der Waals surface area contributed by atoms with E-state index in [-0.39, 0.29) is 35.5 Å². The maximum absolute atomic E-state index is 12.0. The van der Waals surface area contributed by atoms with Gasteiger partial charge in [-0.15, -0.1) is 0 Å². The fourth-order valence-electron chi connectivity index (χ4n) is 2.71. The molecule has 0 amide bonds. The Labute approximate surface area is 124 Å². The molecule has 0 aromatic carbocycles. The van der Waals surface area contributed by atoms with Crippen LogP contribution in [0.4, 0.5) is 0 Å². The van der Waals surface area contributed by atoms with E-state index in [1.807, 2.05) is 20.8 Å². The molecule has 2 aliphatic rings. The molecule has 0 spiro atoms. The molecule has 0 aromatic heterocycles. The summed E-state index contributed by atoms with van der Waals surface area (Å²) in [5.41, 5.74) is -0.465. The van der Waals surface area contributed by atoms with Gasteiger partial charge in [0, 0.05) is 11.6 Å². The Hall–Kier alpha value is -1.91. The standard InChI is InChI=1S/C16H21NO4/c1-16(2,3)14(19)7-8-17-11-5-6-13(18)12(17)9-10(11)15(20)21-4/h5-8,10-12H,9H2,1-4H3/b8-7-. The Morgan fingerprint density at radius 1 is 1.38 bits per heavy atom. The average Bonchev–Trinajstić information content (AvgIpc) is 2.69. The number of fused-ring (bicyclic) bond motifs is 2. The van der Waals surface area contributed by atoms with E-state index in [0.717, 1.165) is 0 Å². The molecule has 3 atom stereocenters. The third-order valence-corrected chi connectivity index (χ3v) is 4.02. The molecule has 2 bridgehead atoms. The van der Waals surface area contributed by atoms with Crippen molar-refractivity contribution < 1.29 is 19.1 Å². The van der Waals surface area contributed by atoms with E-state index in [2.05, 4.69) is 0 Å². The largest absolute Gasteiger partial charge is 0.469 e. The second-order valence-corrected chi connectivity index (χ2v) is 6.51. The van der Waals surface area contributed by atoms with Crippen LogP contribution in [0.2, 0.25) is 0 Å². The van der Waals surface area contributed by atoms with Gasteiger partial charge in [-0.3, -0.25) is 14.4 Å². The molecule has 1 saturated heterocycles. The number of allylic oxidation sites excluding steroid dienone is 1. The van der Waals surface area contributed by atoms with Crippen molar-refractivity contribution in [3.05, 3.63) is 24.4 Å². The summed E-state index contributed by atoms with van der Waals surface area (Å²) in [5.74, 6) is -0.733. The van der Waals surface area contributed by atoms with Gasteiger partial charge >= 0.3 is 5.97 Å². The summed E-state index contributed by atoms with van der Waals surface area (Å²) in [5, 5.41) is 0. The monoisotopic (exact) mass is 291 g/mol. The average molecular weight is 291 g/mol. The van der Waals surface area contributed by atoms with Crippen LogP contribution in [0.15, 0.2) is 24.4 Å². The molecule has 0 radical (unpaired) electrons. The van der Waals surface area contributed by atoms with E-state index in [1.54, 1.807) is 17.2 Å². The normalized spacial score (nSPS) is 28.3.